The van der Waals surface area contributed by atoms with Crippen LogP contribution in [0.2, 0.25) is 10.0 Å². The minimum Gasteiger partial charge on any atom is -0.502 e. The van der Waals surface area contributed by atoms with Crippen molar-refractivity contribution in [3.63, 3.8) is 0 Å². The average Bonchev–Trinajstić information content (AvgIpc) is 2.54. The number of sulfonamides is 1. The van der Waals surface area contributed by atoms with Gasteiger partial charge in [-0.25, -0.2) is 13.2 Å². The second kappa shape index (κ2) is 7.77. The van der Waals surface area contributed by atoms with Gasteiger partial charge >= 0.3 is 5.97 Å². The van der Waals surface area contributed by atoms with Crippen LogP contribution in [0, 0.1) is 0 Å². The second-order valence-corrected chi connectivity index (χ2v) is 7.45. The molecule has 10 heteroatoms. The van der Waals surface area contributed by atoms with E-state index in [1.54, 1.807) is 0 Å². The van der Waals surface area contributed by atoms with Gasteiger partial charge in [0.25, 0.3) is 10.0 Å². The van der Waals surface area contributed by atoms with Gasteiger partial charge in [-0.15, -0.1) is 0 Å². The van der Waals surface area contributed by atoms with Gasteiger partial charge in [0.2, 0.25) is 5.76 Å². The van der Waals surface area contributed by atoms with E-state index in [1.807, 2.05) is 0 Å². The van der Waals surface area contributed by atoms with Gasteiger partial charge in [-0.3, -0.25) is 9.52 Å². The third-order valence-electron chi connectivity index (χ3n) is 3.07. The van der Waals surface area contributed by atoms with Crippen molar-refractivity contribution in [1.82, 2.24) is 0 Å². The van der Waals surface area contributed by atoms with Crippen molar-refractivity contribution in [3.8, 4) is 0 Å². The topological polar surface area (TPSA) is 121 Å². The SMILES string of the molecule is O=C(O)/C(O)=C/C(=O)c1cccc(NS(=O)(=O)c2ccc(Cl)cc2Cl)c1. The Hall–Kier alpha value is -2.55. The summed E-state index contributed by atoms with van der Waals surface area (Å²) in [5.41, 5.74) is 0.0188. The molecular weight excluding hydrogens is 405 g/mol. The standard InChI is InChI=1S/C16H11Cl2NO6S/c17-10-4-5-15(12(18)7-10)26(24,25)19-11-3-1-2-9(6-11)13(20)8-14(21)16(22)23/h1-8,19,21H,(H,22,23)/b14-8-. The Bertz CT molecular complexity index is 1020. The fourth-order valence-corrected chi connectivity index (χ4v) is 3.73. The second-order valence-electron chi connectivity index (χ2n) is 4.96. The molecule has 0 aliphatic rings. The van der Waals surface area contributed by atoms with Crippen LogP contribution in [0.15, 0.2) is 59.2 Å². The molecule has 2 aromatic carbocycles. The molecule has 2 rings (SSSR count). The first-order valence-electron chi connectivity index (χ1n) is 6.86. The van der Waals surface area contributed by atoms with E-state index < -0.39 is 27.5 Å². The molecule has 2 aromatic rings. The molecule has 0 unspecified atom stereocenters. The van der Waals surface area contributed by atoms with E-state index in [0.717, 1.165) is 0 Å². The summed E-state index contributed by atoms with van der Waals surface area (Å²) in [7, 11) is -4.05. The van der Waals surface area contributed by atoms with Crippen LogP contribution >= 0.6 is 23.2 Å². The number of hydrogen-bond donors (Lipinski definition) is 3. The van der Waals surface area contributed by atoms with Crippen molar-refractivity contribution < 1.29 is 28.2 Å². The molecule has 0 aliphatic heterocycles. The molecule has 0 saturated carbocycles. The van der Waals surface area contributed by atoms with Crippen LogP contribution in [0.1, 0.15) is 10.4 Å². The Morgan fingerprint density at radius 2 is 1.73 bits per heavy atom. The summed E-state index contributed by atoms with van der Waals surface area (Å²) in [6.07, 6.45) is 0.520. The van der Waals surface area contributed by atoms with Gasteiger partial charge in [0.15, 0.2) is 5.78 Å². The number of hydrogen-bond acceptors (Lipinski definition) is 5. The van der Waals surface area contributed by atoms with Crippen molar-refractivity contribution in [2.75, 3.05) is 4.72 Å². The van der Waals surface area contributed by atoms with E-state index in [0.29, 0.717) is 6.08 Å². The third kappa shape index (κ3) is 4.75. The van der Waals surface area contributed by atoms with Gasteiger partial charge in [-0.2, -0.15) is 0 Å². The summed E-state index contributed by atoms with van der Waals surface area (Å²) < 4.78 is 27.1. The van der Waals surface area contributed by atoms with E-state index >= 15 is 0 Å². The Morgan fingerprint density at radius 1 is 1.04 bits per heavy atom. The highest BCUT2D eigenvalue weighted by Gasteiger charge is 2.19. The Balaban J connectivity index is 2.32. The first-order valence-corrected chi connectivity index (χ1v) is 9.10. The average molecular weight is 416 g/mol. The molecule has 7 nitrogen and oxygen atoms in total. The zero-order valence-corrected chi connectivity index (χ0v) is 15.1. The summed E-state index contributed by atoms with van der Waals surface area (Å²) in [4.78, 5) is 22.3. The summed E-state index contributed by atoms with van der Waals surface area (Å²) in [6.45, 7) is 0. The number of aliphatic carboxylic acids is 1. The Kier molecular flexibility index (Phi) is 5.91. The van der Waals surface area contributed by atoms with Crippen molar-refractivity contribution in [2.24, 2.45) is 0 Å². The van der Waals surface area contributed by atoms with Gasteiger partial charge in [-0.05, 0) is 30.3 Å². The number of benzene rings is 2. The number of nitrogens with one attached hydrogen (secondary N) is 1. The lowest BCUT2D eigenvalue weighted by atomic mass is 10.1. The van der Waals surface area contributed by atoms with E-state index in [2.05, 4.69) is 4.72 Å². The van der Waals surface area contributed by atoms with Gasteiger partial charge in [-0.1, -0.05) is 35.3 Å². The van der Waals surface area contributed by atoms with Gasteiger partial charge in [0.1, 0.15) is 4.90 Å². The summed E-state index contributed by atoms with van der Waals surface area (Å²) in [6, 6.07) is 9.17. The smallest absolute Gasteiger partial charge is 0.371 e. The van der Waals surface area contributed by atoms with Crippen LogP contribution in [0.5, 0.6) is 0 Å². The fraction of sp³-hybridized carbons (Fsp3) is 0. The number of aliphatic hydroxyl groups is 1. The molecule has 0 atom stereocenters. The van der Waals surface area contributed by atoms with Crippen LogP contribution < -0.4 is 4.72 Å². The van der Waals surface area contributed by atoms with E-state index in [-0.39, 0.29) is 26.2 Å². The molecule has 0 fully saturated rings. The number of rotatable bonds is 6. The minimum atomic E-state index is -4.05. The van der Waals surface area contributed by atoms with Crippen molar-refractivity contribution >= 4 is 50.7 Å². The molecular formula is C16H11Cl2NO6S. The van der Waals surface area contributed by atoms with Crippen LogP contribution in [0.25, 0.3) is 0 Å². The summed E-state index contributed by atoms with van der Waals surface area (Å²) in [5, 5.41) is 17.9. The molecule has 0 saturated heterocycles. The molecule has 26 heavy (non-hydrogen) atoms. The third-order valence-corrected chi connectivity index (χ3v) is 5.17. The fourth-order valence-electron chi connectivity index (χ4n) is 1.91. The number of carbonyl (C=O) groups is 2. The number of carbonyl (C=O) groups excluding carboxylic acids is 1. The highest BCUT2D eigenvalue weighted by molar-refractivity contribution is 7.92. The number of carboxylic acids is 1. The summed E-state index contributed by atoms with van der Waals surface area (Å²) >= 11 is 11.6. The predicted molar refractivity (Wildman–Crippen MR) is 96.4 cm³/mol. The number of allylic oxidation sites excluding steroid dienone is 1. The minimum absolute atomic E-state index is 0.0276. The highest BCUT2D eigenvalue weighted by Crippen LogP contribution is 2.27. The van der Waals surface area contributed by atoms with Crippen LogP contribution in [0.3, 0.4) is 0 Å². The number of anilines is 1. The largest absolute Gasteiger partial charge is 0.502 e. The lowest BCUT2D eigenvalue weighted by Gasteiger charge is -2.10. The molecule has 0 radical (unpaired) electrons. The van der Waals surface area contributed by atoms with E-state index in [4.69, 9.17) is 33.4 Å². The monoisotopic (exact) mass is 415 g/mol. The Labute approximate surface area is 158 Å². The first kappa shape index (κ1) is 19.8. The predicted octanol–water partition coefficient (Wildman–Crippen LogP) is 3.50. The quantitative estimate of drug-likeness (QED) is 0.377. The number of halogens is 2. The number of carboxylic acid groups (broad SMARTS) is 1. The van der Waals surface area contributed by atoms with Crippen molar-refractivity contribution in [3.05, 3.63) is 69.9 Å². The normalized spacial score (nSPS) is 11.8. The first-order chi connectivity index (χ1) is 12.1. The summed E-state index contributed by atoms with van der Waals surface area (Å²) in [5.74, 6) is -3.60. The maximum atomic E-state index is 12.4. The van der Waals surface area contributed by atoms with Crippen LogP contribution in [-0.4, -0.2) is 30.4 Å². The molecule has 0 aromatic heterocycles. The molecule has 0 amide bonds. The van der Waals surface area contributed by atoms with E-state index in [9.17, 15) is 18.0 Å². The molecule has 136 valence electrons. The molecule has 3 N–H and O–H groups in total. The van der Waals surface area contributed by atoms with E-state index in [1.165, 1.54) is 42.5 Å². The number of ketones is 1. The highest BCUT2D eigenvalue weighted by atomic mass is 35.5. The zero-order valence-electron chi connectivity index (χ0n) is 12.8. The lowest BCUT2D eigenvalue weighted by molar-refractivity contribution is -0.135. The molecule has 0 spiro atoms. The molecule has 0 aliphatic carbocycles. The van der Waals surface area contributed by atoms with Crippen molar-refractivity contribution in [1.29, 1.82) is 0 Å². The van der Waals surface area contributed by atoms with Crippen LogP contribution in [0.4, 0.5) is 5.69 Å². The zero-order chi connectivity index (χ0) is 19.5. The Morgan fingerprint density at radius 3 is 2.35 bits per heavy atom. The van der Waals surface area contributed by atoms with Gasteiger partial charge in [0, 0.05) is 22.3 Å². The van der Waals surface area contributed by atoms with Crippen molar-refractivity contribution in [2.45, 2.75) is 4.90 Å². The lowest BCUT2D eigenvalue weighted by Crippen LogP contribution is -2.14. The maximum Gasteiger partial charge on any atom is 0.371 e. The van der Waals surface area contributed by atoms with Gasteiger partial charge in [0.05, 0.1) is 5.02 Å². The van der Waals surface area contributed by atoms with Crippen LogP contribution in [-0.2, 0) is 14.8 Å². The van der Waals surface area contributed by atoms with Gasteiger partial charge < -0.3 is 10.2 Å². The number of aliphatic hydroxyl groups excluding tert-OH is 1. The molecule has 0 heterocycles. The molecule has 0 bridgehead atoms. The maximum absolute atomic E-state index is 12.4.